The van der Waals surface area contributed by atoms with Gasteiger partial charge in [-0.25, -0.2) is 0 Å². The molecule has 1 rings (SSSR count). The highest BCUT2D eigenvalue weighted by Crippen LogP contribution is 2.39. The van der Waals surface area contributed by atoms with Gasteiger partial charge >= 0.3 is 0 Å². The Morgan fingerprint density at radius 3 is 2.33 bits per heavy atom. The average Bonchev–Trinajstić information content (AvgIpc) is 2.44. The van der Waals surface area contributed by atoms with Gasteiger partial charge in [0, 0.05) is 0 Å². The van der Waals surface area contributed by atoms with Crippen LogP contribution in [0.4, 0.5) is 0 Å². The number of ether oxygens (including phenoxy) is 1. The van der Waals surface area contributed by atoms with Crippen molar-refractivity contribution in [3.05, 3.63) is 0 Å². The lowest BCUT2D eigenvalue weighted by Gasteiger charge is -1.96. The molecule has 1 aliphatic rings. The zero-order valence-electron chi connectivity index (χ0n) is 6.01. The third-order valence-electron chi connectivity index (χ3n) is 1.68. The summed E-state index contributed by atoms with van der Waals surface area (Å²) in [5.74, 6) is 0.467. The fourth-order valence-electron chi connectivity index (χ4n) is 1.09. The molecule has 0 saturated carbocycles. The largest absolute Gasteiger partial charge is 0.350 e. The minimum atomic E-state index is -0.464. The van der Waals surface area contributed by atoms with Crippen LogP contribution in [-0.2, 0) is 4.74 Å². The Labute approximate surface area is 55.4 Å². The van der Waals surface area contributed by atoms with Gasteiger partial charge in [0.25, 0.3) is 0 Å². The summed E-state index contributed by atoms with van der Waals surface area (Å²) < 4.78 is 5.15. The van der Waals surface area contributed by atoms with E-state index in [0.717, 1.165) is 0 Å². The van der Waals surface area contributed by atoms with Crippen molar-refractivity contribution >= 4 is 0 Å². The van der Waals surface area contributed by atoms with Gasteiger partial charge in [0.2, 0.25) is 0 Å². The molecule has 2 atom stereocenters. The van der Waals surface area contributed by atoms with Crippen LogP contribution in [0, 0.1) is 17.2 Å². The number of rotatable bonds is 1. The van der Waals surface area contributed by atoms with E-state index in [4.69, 9.17) is 10.00 Å². The summed E-state index contributed by atoms with van der Waals surface area (Å²) in [6.07, 6.45) is 0.169. The Hall–Kier alpha value is -0.550. The highest BCUT2D eigenvalue weighted by Gasteiger charge is 2.54. The lowest BCUT2D eigenvalue weighted by Crippen LogP contribution is -2.10. The second kappa shape index (κ2) is 1.71. The Morgan fingerprint density at radius 2 is 2.22 bits per heavy atom. The molecule has 0 aromatic rings. The highest BCUT2D eigenvalue weighted by molar-refractivity contribution is 5.15. The molecular formula is C7H11NO. The summed E-state index contributed by atoms with van der Waals surface area (Å²) in [5, 5.41) is 8.51. The van der Waals surface area contributed by atoms with Crippen LogP contribution in [0.15, 0.2) is 0 Å². The van der Waals surface area contributed by atoms with E-state index in [-0.39, 0.29) is 6.10 Å². The van der Waals surface area contributed by atoms with Gasteiger partial charge in [0.05, 0.1) is 0 Å². The highest BCUT2D eigenvalue weighted by atomic mass is 16.6. The summed E-state index contributed by atoms with van der Waals surface area (Å²) in [4.78, 5) is 0. The fraction of sp³-hybridized carbons (Fsp3) is 0.857. The molecule has 0 unspecified atom stereocenters. The molecule has 1 fully saturated rings. The summed E-state index contributed by atoms with van der Waals surface area (Å²) >= 11 is 0. The maximum Gasteiger partial charge on any atom is 0.178 e. The van der Waals surface area contributed by atoms with Crippen LogP contribution in [0.1, 0.15) is 20.8 Å². The second-order valence-corrected chi connectivity index (χ2v) is 3.00. The third-order valence-corrected chi connectivity index (χ3v) is 1.68. The van der Waals surface area contributed by atoms with Crippen LogP contribution in [0.5, 0.6) is 0 Å². The van der Waals surface area contributed by atoms with E-state index in [1.165, 1.54) is 0 Å². The van der Waals surface area contributed by atoms with Crippen molar-refractivity contribution in [2.45, 2.75) is 32.5 Å². The zero-order chi connectivity index (χ0) is 7.07. The summed E-state index contributed by atoms with van der Waals surface area (Å²) in [6.45, 7) is 5.96. The standard InChI is InChI=1S/C7H11NO/c1-5(2)6-7(3,4-8)9-6/h5-6H,1-3H3/t6-,7+/m1/s1. The first-order chi connectivity index (χ1) is 4.10. The second-order valence-electron chi connectivity index (χ2n) is 3.00. The molecule has 1 aliphatic heterocycles. The quantitative estimate of drug-likeness (QED) is 0.495. The summed E-state index contributed by atoms with van der Waals surface area (Å²) in [7, 11) is 0. The average molecular weight is 125 g/mol. The molecule has 0 aliphatic carbocycles. The van der Waals surface area contributed by atoms with E-state index < -0.39 is 5.60 Å². The van der Waals surface area contributed by atoms with Crippen molar-refractivity contribution < 1.29 is 4.74 Å². The van der Waals surface area contributed by atoms with Crippen LogP contribution in [-0.4, -0.2) is 11.7 Å². The Bertz CT molecular complexity index is 159. The van der Waals surface area contributed by atoms with Gasteiger partial charge in [0.15, 0.2) is 5.60 Å². The molecule has 0 bridgehead atoms. The van der Waals surface area contributed by atoms with Crippen molar-refractivity contribution in [1.29, 1.82) is 5.26 Å². The van der Waals surface area contributed by atoms with E-state index >= 15 is 0 Å². The van der Waals surface area contributed by atoms with Gasteiger partial charge in [-0.15, -0.1) is 0 Å². The minimum absolute atomic E-state index is 0.169. The molecule has 1 heterocycles. The number of nitriles is 1. The fourth-order valence-corrected chi connectivity index (χ4v) is 1.09. The van der Waals surface area contributed by atoms with Crippen LogP contribution < -0.4 is 0 Å². The van der Waals surface area contributed by atoms with Crippen LogP contribution in [0.3, 0.4) is 0 Å². The van der Waals surface area contributed by atoms with Gasteiger partial charge in [-0.05, 0) is 12.8 Å². The van der Waals surface area contributed by atoms with Gasteiger partial charge in [-0.2, -0.15) is 5.26 Å². The van der Waals surface area contributed by atoms with Gasteiger partial charge in [-0.1, -0.05) is 13.8 Å². The number of nitrogens with zero attached hydrogens (tertiary/aromatic N) is 1. The van der Waals surface area contributed by atoms with E-state index in [0.29, 0.717) is 5.92 Å². The molecule has 0 amide bonds. The van der Waals surface area contributed by atoms with Crippen molar-refractivity contribution in [3.63, 3.8) is 0 Å². The lowest BCUT2D eigenvalue weighted by molar-refractivity contribution is 0.320. The van der Waals surface area contributed by atoms with Crippen molar-refractivity contribution in [2.75, 3.05) is 0 Å². The maximum absolute atomic E-state index is 8.51. The molecule has 0 aromatic heterocycles. The topological polar surface area (TPSA) is 36.3 Å². The summed E-state index contributed by atoms with van der Waals surface area (Å²) in [5.41, 5.74) is -0.464. The van der Waals surface area contributed by atoms with Crippen LogP contribution >= 0.6 is 0 Å². The third kappa shape index (κ3) is 0.927. The van der Waals surface area contributed by atoms with Crippen molar-refractivity contribution in [3.8, 4) is 6.07 Å². The first kappa shape index (κ1) is 6.57. The lowest BCUT2D eigenvalue weighted by atomic mass is 10.0. The van der Waals surface area contributed by atoms with Gasteiger partial charge in [0.1, 0.15) is 12.2 Å². The first-order valence-electron chi connectivity index (χ1n) is 3.19. The minimum Gasteiger partial charge on any atom is -0.350 e. The van der Waals surface area contributed by atoms with Gasteiger partial charge < -0.3 is 4.74 Å². The predicted molar refractivity (Wildman–Crippen MR) is 33.7 cm³/mol. The maximum atomic E-state index is 8.51. The van der Waals surface area contributed by atoms with E-state index in [9.17, 15) is 0 Å². The van der Waals surface area contributed by atoms with E-state index in [1.54, 1.807) is 0 Å². The van der Waals surface area contributed by atoms with Crippen molar-refractivity contribution in [1.82, 2.24) is 0 Å². The Morgan fingerprint density at radius 1 is 1.67 bits per heavy atom. The smallest absolute Gasteiger partial charge is 0.178 e. The van der Waals surface area contributed by atoms with Crippen molar-refractivity contribution in [2.24, 2.45) is 5.92 Å². The van der Waals surface area contributed by atoms with E-state index in [1.807, 2.05) is 6.92 Å². The molecular weight excluding hydrogens is 114 g/mol. The monoisotopic (exact) mass is 125 g/mol. The molecule has 1 saturated heterocycles. The normalized spacial score (nSPS) is 40.6. The number of hydrogen-bond acceptors (Lipinski definition) is 2. The Balaban J connectivity index is 2.51. The summed E-state index contributed by atoms with van der Waals surface area (Å²) in [6, 6.07) is 2.12. The molecule has 2 heteroatoms. The van der Waals surface area contributed by atoms with Crippen LogP contribution in [0.2, 0.25) is 0 Å². The predicted octanol–water partition coefficient (Wildman–Crippen LogP) is 1.32. The molecule has 50 valence electrons. The number of epoxide rings is 1. The van der Waals surface area contributed by atoms with Crippen LogP contribution in [0.25, 0.3) is 0 Å². The van der Waals surface area contributed by atoms with Gasteiger partial charge in [-0.3, -0.25) is 0 Å². The molecule has 2 nitrogen and oxygen atoms in total. The molecule has 0 N–H and O–H groups in total. The molecule has 0 aromatic carbocycles. The SMILES string of the molecule is CC(C)[C@H]1O[C@@]1(C)C#N. The molecule has 0 spiro atoms. The molecule has 9 heavy (non-hydrogen) atoms. The van der Waals surface area contributed by atoms with E-state index in [2.05, 4.69) is 19.9 Å². The number of hydrogen-bond donors (Lipinski definition) is 0. The molecule has 0 radical (unpaired) electrons. The zero-order valence-corrected chi connectivity index (χ0v) is 6.01. The first-order valence-corrected chi connectivity index (χ1v) is 3.19. The Kier molecular flexibility index (Phi) is 1.25.